The number of nitro groups is 1. The average Bonchev–Trinajstić information content (AvgIpc) is 2.54. The third-order valence-electron chi connectivity index (χ3n) is 3.92. The number of hydrogen-bond acceptors (Lipinski definition) is 6. The number of fused-ring (bicyclic) bond motifs is 1. The van der Waals surface area contributed by atoms with Crippen LogP contribution >= 0.6 is 0 Å². The third-order valence-corrected chi connectivity index (χ3v) is 5.63. The number of carbonyl (C=O) groups is 2. The summed E-state index contributed by atoms with van der Waals surface area (Å²) in [7, 11) is -1.19. The van der Waals surface area contributed by atoms with E-state index in [0.29, 0.717) is 11.1 Å². The molecular weight excluding hydrogens is 336 g/mol. The Hall–Kier alpha value is -2.55. The second-order valence-corrected chi connectivity index (χ2v) is 7.17. The zero-order chi connectivity index (χ0) is 17.4. The summed E-state index contributed by atoms with van der Waals surface area (Å²) in [6.45, 7) is 1.59. The largest absolute Gasteiger partial charge is 0.456 e. The normalized spacial score (nSPS) is 22.7. The maximum Gasteiger partial charge on any atom is 0.355 e. The highest BCUT2D eigenvalue weighted by molar-refractivity contribution is 7.86. The van der Waals surface area contributed by atoms with Crippen LogP contribution in [-0.4, -0.2) is 37.0 Å². The van der Waals surface area contributed by atoms with Crippen molar-refractivity contribution in [2.24, 2.45) is 0 Å². The summed E-state index contributed by atoms with van der Waals surface area (Å²) >= 11 is 0. The van der Waals surface area contributed by atoms with Gasteiger partial charge in [-0.1, -0.05) is 0 Å². The van der Waals surface area contributed by atoms with E-state index in [2.05, 4.69) is 0 Å². The Balaban J connectivity index is 1.70. The number of carbonyl (C=O) groups excluding carboxylic acids is 2. The lowest BCUT2D eigenvalue weighted by molar-refractivity contribution is -0.384. The number of nitrogens with zero attached hydrogens (tertiary/aromatic N) is 2. The van der Waals surface area contributed by atoms with Crippen molar-refractivity contribution in [2.75, 3.05) is 5.75 Å². The number of esters is 1. The number of amides is 1. The lowest BCUT2D eigenvalue weighted by atomic mass is 10.1. The number of β-lactam (4-membered cyclic amide) rings is 1. The number of hydrogen-bond donors (Lipinski definition) is 0. The van der Waals surface area contributed by atoms with Crippen LogP contribution in [-0.2, 0) is 31.7 Å². The minimum absolute atomic E-state index is 0.0487. The lowest BCUT2D eigenvalue weighted by Crippen LogP contribution is -2.58. The molecule has 8 nitrogen and oxygen atoms in total. The summed E-state index contributed by atoms with van der Waals surface area (Å²) in [6, 6.07) is 5.65. The van der Waals surface area contributed by atoms with E-state index < -0.39 is 27.1 Å². The molecule has 1 saturated heterocycles. The number of ether oxygens (including phenoxy) is 1. The van der Waals surface area contributed by atoms with Crippen LogP contribution in [0.3, 0.4) is 0 Å². The highest BCUT2D eigenvalue weighted by atomic mass is 32.2. The molecule has 1 aromatic carbocycles. The number of rotatable bonds is 4. The second-order valence-electron chi connectivity index (χ2n) is 5.58. The molecule has 2 atom stereocenters. The molecule has 0 bridgehead atoms. The predicted octanol–water partition coefficient (Wildman–Crippen LogP) is 1.23. The highest BCUT2D eigenvalue weighted by Gasteiger charge is 2.48. The van der Waals surface area contributed by atoms with Crippen LogP contribution in [0.5, 0.6) is 0 Å². The summed E-state index contributed by atoms with van der Waals surface area (Å²) in [5.74, 6) is -0.647. The smallest absolute Gasteiger partial charge is 0.355 e. The summed E-state index contributed by atoms with van der Waals surface area (Å²) < 4.78 is 17.1. The zero-order valence-electron chi connectivity index (χ0n) is 12.8. The van der Waals surface area contributed by atoms with Gasteiger partial charge in [0.1, 0.15) is 17.7 Å². The Morgan fingerprint density at radius 3 is 2.67 bits per heavy atom. The van der Waals surface area contributed by atoms with Crippen molar-refractivity contribution in [1.82, 2.24) is 4.90 Å². The first kappa shape index (κ1) is 16.3. The van der Waals surface area contributed by atoms with Gasteiger partial charge in [-0.2, -0.15) is 0 Å². The molecule has 3 rings (SSSR count). The molecule has 0 spiro atoms. The van der Waals surface area contributed by atoms with Gasteiger partial charge in [0.15, 0.2) is 0 Å². The van der Waals surface area contributed by atoms with E-state index in [0.717, 1.165) is 0 Å². The quantitative estimate of drug-likeness (QED) is 0.350. The first-order chi connectivity index (χ1) is 11.4. The van der Waals surface area contributed by atoms with E-state index in [1.807, 2.05) is 0 Å². The summed E-state index contributed by atoms with van der Waals surface area (Å²) in [5, 5.41) is 10.2. The number of nitro benzene ring substituents is 1. The van der Waals surface area contributed by atoms with Gasteiger partial charge in [0, 0.05) is 28.7 Å². The van der Waals surface area contributed by atoms with E-state index in [4.69, 9.17) is 4.74 Å². The molecule has 0 saturated carbocycles. The Labute approximate surface area is 139 Å². The molecule has 1 aromatic rings. The lowest BCUT2D eigenvalue weighted by Gasteiger charge is -2.43. The Morgan fingerprint density at radius 1 is 1.42 bits per heavy atom. The first-order valence-corrected chi connectivity index (χ1v) is 8.56. The predicted molar refractivity (Wildman–Crippen MR) is 83.9 cm³/mol. The third kappa shape index (κ3) is 2.82. The molecule has 0 aliphatic carbocycles. The Morgan fingerprint density at radius 2 is 2.08 bits per heavy atom. The maximum absolute atomic E-state index is 12.3. The molecule has 24 heavy (non-hydrogen) atoms. The molecular formula is C15H14N2O6S. The van der Waals surface area contributed by atoms with Crippen molar-refractivity contribution in [3.05, 3.63) is 51.2 Å². The molecule has 1 amide bonds. The van der Waals surface area contributed by atoms with Gasteiger partial charge >= 0.3 is 5.97 Å². The van der Waals surface area contributed by atoms with Crippen LogP contribution in [0.4, 0.5) is 5.69 Å². The molecule has 9 heteroatoms. The average molecular weight is 350 g/mol. The van der Waals surface area contributed by atoms with Gasteiger partial charge in [0.2, 0.25) is 5.91 Å². The van der Waals surface area contributed by atoms with Crippen molar-refractivity contribution in [2.45, 2.75) is 25.3 Å². The molecule has 2 aliphatic heterocycles. The van der Waals surface area contributed by atoms with Crippen LogP contribution in [0.15, 0.2) is 35.5 Å². The molecule has 0 aromatic heterocycles. The van der Waals surface area contributed by atoms with E-state index >= 15 is 0 Å². The van der Waals surface area contributed by atoms with Gasteiger partial charge in [-0.25, -0.2) is 4.79 Å². The fourth-order valence-corrected chi connectivity index (χ4v) is 4.20. The molecule has 0 N–H and O–H groups in total. The monoisotopic (exact) mass is 350 g/mol. The van der Waals surface area contributed by atoms with Crippen molar-refractivity contribution in [3.63, 3.8) is 0 Å². The molecule has 2 heterocycles. The topological polar surface area (TPSA) is 107 Å². The summed E-state index contributed by atoms with van der Waals surface area (Å²) in [5.41, 5.74) is 1.27. The van der Waals surface area contributed by atoms with Gasteiger partial charge < -0.3 is 4.74 Å². The van der Waals surface area contributed by atoms with E-state index in [1.165, 1.54) is 29.2 Å². The van der Waals surface area contributed by atoms with E-state index in [-0.39, 0.29) is 36.1 Å². The standard InChI is InChI=1S/C15H14N2O6S/c1-9-8-24(22)13-6-12(18)16(13)14(9)15(19)23-7-10-2-4-11(5-3-10)17(20)21/h2-5,13H,6-8H2,1H3/t13-,24+/m1/s1. The van der Waals surface area contributed by atoms with Gasteiger partial charge in [0.05, 0.1) is 11.3 Å². The van der Waals surface area contributed by atoms with Crippen LogP contribution in [0.2, 0.25) is 0 Å². The fourth-order valence-electron chi connectivity index (χ4n) is 2.65. The summed E-state index contributed by atoms with van der Waals surface area (Å²) in [4.78, 5) is 35.4. The molecule has 0 unspecified atom stereocenters. The molecule has 0 radical (unpaired) electrons. The van der Waals surface area contributed by atoms with Crippen molar-refractivity contribution < 1.29 is 23.5 Å². The van der Waals surface area contributed by atoms with E-state index in [1.54, 1.807) is 6.92 Å². The fraction of sp³-hybridized carbons (Fsp3) is 0.333. The van der Waals surface area contributed by atoms with Crippen molar-refractivity contribution >= 4 is 28.4 Å². The minimum Gasteiger partial charge on any atom is -0.456 e. The van der Waals surface area contributed by atoms with Gasteiger partial charge in [-0.15, -0.1) is 0 Å². The highest BCUT2D eigenvalue weighted by Crippen LogP contribution is 2.34. The maximum atomic E-state index is 12.3. The van der Waals surface area contributed by atoms with Gasteiger partial charge in [-0.05, 0) is 30.2 Å². The van der Waals surface area contributed by atoms with Crippen LogP contribution in [0.25, 0.3) is 0 Å². The first-order valence-electron chi connectivity index (χ1n) is 7.18. The zero-order valence-corrected chi connectivity index (χ0v) is 13.6. The molecule has 126 valence electrons. The van der Waals surface area contributed by atoms with Crippen molar-refractivity contribution in [3.8, 4) is 0 Å². The minimum atomic E-state index is -1.19. The van der Waals surface area contributed by atoms with Crippen LogP contribution in [0.1, 0.15) is 18.9 Å². The SMILES string of the molecule is CC1=C(C(=O)OCc2ccc([N+](=O)[O-])cc2)N2C(=O)C[C@H]2[S@@](=O)C1. The van der Waals surface area contributed by atoms with E-state index in [9.17, 15) is 23.9 Å². The van der Waals surface area contributed by atoms with Gasteiger partial charge in [0.25, 0.3) is 5.69 Å². The van der Waals surface area contributed by atoms with Crippen LogP contribution < -0.4 is 0 Å². The van der Waals surface area contributed by atoms with Gasteiger partial charge in [-0.3, -0.25) is 24.0 Å². The Bertz CT molecular complexity index is 786. The number of benzene rings is 1. The summed E-state index contributed by atoms with van der Waals surface area (Å²) in [6.07, 6.45) is 0.180. The van der Waals surface area contributed by atoms with Crippen molar-refractivity contribution in [1.29, 1.82) is 0 Å². The molecule has 2 aliphatic rings. The number of non-ortho nitro benzene ring substituents is 1. The second kappa shape index (κ2) is 6.16. The Kier molecular flexibility index (Phi) is 4.18. The van der Waals surface area contributed by atoms with Crippen LogP contribution in [0, 0.1) is 10.1 Å². The molecule has 1 fully saturated rings.